The summed E-state index contributed by atoms with van der Waals surface area (Å²) in [6.45, 7) is 8.03. The largest absolute Gasteiger partial charge is 0.316 e. The lowest BCUT2D eigenvalue weighted by molar-refractivity contribution is -0.124. The monoisotopic (exact) mass is 236 g/mol. The Morgan fingerprint density at radius 3 is 2.76 bits per heavy atom. The highest BCUT2D eigenvalue weighted by molar-refractivity contribution is 5.82. The van der Waals surface area contributed by atoms with Crippen molar-refractivity contribution in [2.75, 3.05) is 13.1 Å². The summed E-state index contributed by atoms with van der Waals surface area (Å²) in [5, 5.41) is 7.35. The molecule has 0 saturated carbocycles. The van der Waals surface area contributed by atoms with Gasteiger partial charge in [-0.2, -0.15) is 5.10 Å². The van der Waals surface area contributed by atoms with Gasteiger partial charge in [-0.3, -0.25) is 4.79 Å². The molecule has 0 bridgehead atoms. The Balaban J connectivity index is 1.99. The second-order valence-corrected chi connectivity index (χ2v) is 5.06. The van der Waals surface area contributed by atoms with Gasteiger partial charge in [-0.05, 0) is 32.9 Å². The molecule has 5 heteroatoms. The third-order valence-electron chi connectivity index (χ3n) is 3.50. The van der Waals surface area contributed by atoms with Crippen LogP contribution in [0.4, 0.5) is 0 Å². The number of hydrogen-bond acceptors (Lipinski definition) is 4. The molecule has 5 nitrogen and oxygen atoms in total. The summed E-state index contributed by atoms with van der Waals surface area (Å²) >= 11 is 0. The van der Waals surface area contributed by atoms with Crippen LogP contribution in [0.25, 0.3) is 0 Å². The van der Waals surface area contributed by atoms with Gasteiger partial charge in [0.15, 0.2) is 0 Å². The van der Waals surface area contributed by atoms with Crippen molar-refractivity contribution in [1.29, 1.82) is 0 Å². The minimum absolute atomic E-state index is 0.119. The van der Waals surface area contributed by atoms with E-state index in [9.17, 15) is 4.79 Å². The van der Waals surface area contributed by atoms with Gasteiger partial charge < -0.3 is 5.32 Å². The number of ketones is 1. The Bertz CT molecular complexity index is 395. The van der Waals surface area contributed by atoms with E-state index in [0.717, 1.165) is 18.9 Å². The van der Waals surface area contributed by atoms with Crippen LogP contribution in [0.3, 0.4) is 0 Å². The minimum Gasteiger partial charge on any atom is -0.316 e. The number of nitrogens with one attached hydrogen (secondary N) is 1. The van der Waals surface area contributed by atoms with E-state index in [0.29, 0.717) is 12.3 Å². The fourth-order valence-corrected chi connectivity index (χ4v) is 2.08. The van der Waals surface area contributed by atoms with Crippen LogP contribution in [0.15, 0.2) is 6.33 Å². The molecule has 0 amide bonds. The van der Waals surface area contributed by atoms with Crippen LogP contribution in [-0.2, 0) is 11.2 Å². The summed E-state index contributed by atoms with van der Waals surface area (Å²) in [5.41, 5.74) is 0. The third-order valence-corrected chi connectivity index (χ3v) is 3.50. The highest BCUT2D eigenvalue weighted by Gasteiger charge is 2.29. The lowest BCUT2D eigenvalue weighted by Crippen LogP contribution is -2.47. The molecule has 2 rings (SSSR count). The maximum absolute atomic E-state index is 12.1. The normalized spacial score (nSPS) is 18.1. The van der Waals surface area contributed by atoms with E-state index in [4.69, 9.17) is 0 Å². The molecule has 0 spiro atoms. The van der Waals surface area contributed by atoms with E-state index < -0.39 is 0 Å². The topological polar surface area (TPSA) is 59.8 Å². The first-order chi connectivity index (χ1) is 8.09. The number of hydrogen-bond donors (Lipinski definition) is 1. The fraction of sp³-hybridized carbons (Fsp3) is 0.750. The predicted octanol–water partition coefficient (Wildman–Crippen LogP) is 0.826. The second kappa shape index (κ2) is 4.96. The van der Waals surface area contributed by atoms with Gasteiger partial charge in [-0.25, -0.2) is 9.67 Å². The van der Waals surface area contributed by atoms with Gasteiger partial charge in [-0.15, -0.1) is 0 Å². The quantitative estimate of drug-likeness (QED) is 0.822. The molecule has 1 atom stereocenters. The summed E-state index contributed by atoms with van der Waals surface area (Å²) < 4.78 is 1.82. The zero-order chi connectivity index (χ0) is 12.4. The maximum atomic E-state index is 12.1. The minimum atomic E-state index is 0.119. The second-order valence-electron chi connectivity index (χ2n) is 5.06. The smallest absolute Gasteiger partial charge is 0.143 e. The molecule has 2 heterocycles. The standard InChI is InChI=1S/C12H20N4O/c1-8(2)16-12(14-7-15-16)4-11(17)9(3)10-5-13-6-10/h7-10,13H,4-6H2,1-3H3. The summed E-state index contributed by atoms with van der Waals surface area (Å²) in [5.74, 6) is 1.67. The number of Topliss-reactive ketones (excluding diaryl/α,β-unsaturated/α-hetero) is 1. The average molecular weight is 236 g/mol. The van der Waals surface area contributed by atoms with E-state index in [1.54, 1.807) is 0 Å². The molecule has 0 aromatic carbocycles. The molecule has 1 aromatic heterocycles. The molecule has 1 aromatic rings. The van der Waals surface area contributed by atoms with Gasteiger partial charge in [0.2, 0.25) is 0 Å². The van der Waals surface area contributed by atoms with Crippen molar-refractivity contribution in [3.05, 3.63) is 12.2 Å². The van der Waals surface area contributed by atoms with Crippen molar-refractivity contribution in [2.45, 2.75) is 33.2 Å². The molecule has 0 radical (unpaired) electrons. The van der Waals surface area contributed by atoms with Crippen LogP contribution < -0.4 is 5.32 Å². The molecule has 17 heavy (non-hydrogen) atoms. The number of carbonyl (C=O) groups excluding carboxylic acids is 1. The van der Waals surface area contributed by atoms with Gasteiger partial charge in [0, 0.05) is 12.0 Å². The van der Waals surface area contributed by atoms with Crippen molar-refractivity contribution >= 4 is 5.78 Å². The highest BCUT2D eigenvalue weighted by atomic mass is 16.1. The summed E-state index contributed by atoms with van der Waals surface area (Å²) in [6.07, 6.45) is 1.92. The van der Waals surface area contributed by atoms with Crippen molar-refractivity contribution in [3.63, 3.8) is 0 Å². The van der Waals surface area contributed by atoms with Crippen LogP contribution in [0.2, 0.25) is 0 Å². The molecule has 1 unspecified atom stereocenters. The van der Waals surface area contributed by atoms with Gasteiger partial charge in [0.05, 0.1) is 6.42 Å². The van der Waals surface area contributed by atoms with E-state index in [-0.39, 0.29) is 17.7 Å². The van der Waals surface area contributed by atoms with Gasteiger partial charge in [0.25, 0.3) is 0 Å². The molecule has 1 saturated heterocycles. The van der Waals surface area contributed by atoms with E-state index in [2.05, 4.69) is 15.4 Å². The van der Waals surface area contributed by atoms with Crippen LogP contribution in [0.1, 0.15) is 32.6 Å². The number of carbonyl (C=O) groups is 1. The first-order valence-corrected chi connectivity index (χ1v) is 6.21. The number of aromatic nitrogens is 3. The fourth-order valence-electron chi connectivity index (χ4n) is 2.08. The summed E-state index contributed by atoms with van der Waals surface area (Å²) in [4.78, 5) is 16.3. The first kappa shape index (κ1) is 12.2. The molecule has 0 aliphatic carbocycles. The van der Waals surface area contributed by atoms with Crippen molar-refractivity contribution in [3.8, 4) is 0 Å². The summed E-state index contributed by atoms with van der Waals surface area (Å²) in [6, 6.07) is 0.251. The van der Waals surface area contributed by atoms with Gasteiger partial charge in [0.1, 0.15) is 17.9 Å². The third kappa shape index (κ3) is 2.54. The lowest BCUT2D eigenvalue weighted by atomic mass is 9.85. The van der Waals surface area contributed by atoms with Crippen molar-refractivity contribution in [2.24, 2.45) is 11.8 Å². The highest BCUT2D eigenvalue weighted by Crippen LogP contribution is 2.18. The molecule has 1 N–H and O–H groups in total. The molecular weight excluding hydrogens is 216 g/mol. The van der Waals surface area contributed by atoms with Crippen LogP contribution in [0, 0.1) is 11.8 Å². The Hall–Kier alpha value is -1.23. The lowest BCUT2D eigenvalue weighted by Gasteiger charge is -2.31. The molecule has 1 aliphatic rings. The Morgan fingerprint density at radius 1 is 1.53 bits per heavy atom. The van der Waals surface area contributed by atoms with Crippen LogP contribution in [-0.4, -0.2) is 33.6 Å². The van der Waals surface area contributed by atoms with E-state index in [1.807, 2.05) is 25.5 Å². The zero-order valence-corrected chi connectivity index (χ0v) is 10.7. The van der Waals surface area contributed by atoms with Gasteiger partial charge >= 0.3 is 0 Å². The zero-order valence-electron chi connectivity index (χ0n) is 10.7. The SMILES string of the molecule is CC(C(=O)Cc1ncnn1C(C)C)C1CNC1. The molecule has 94 valence electrons. The molecule has 1 aliphatic heterocycles. The predicted molar refractivity (Wildman–Crippen MR) is 64.6 cm³/mol. The van der Waals surface area contributed by atoms with Crippen LogP contribution >= 0.6 is 0 Å². The van der Waals surface area contributed by atoms with E-state index >= 15 is 0 Å². The van der Waals surface area contributed by atoms with E-state index in [1.165, 1.54) is 6.33 Å². The van der Waals surface area contributed by atoms with Crippen molar-refractivity contribution < 1.29 is 4.79 Å². The van der Waals surface area contributed by atoms with Crippen LogP contribution in [0.5, 0.6) is 0 Å². The Kier molecular flexibility index (Phi) is 3.57. The first-order valence-electron chi connectivity index (χ1n) is 6.21. The molecular formula is C12H20N4O. The summed E-state index contributed by atoms with van der Waals surface area (Å²) in [7, 11) is 0. The molecule has 1 fully saturated rings. The maximum Gasteiger partial charge on any atom is 0.143 e. The van der Waals surface area contributed by atoms with Gasteiger partial charge in [-0.1, -0.05) is 6.92 Å². The Morgan fingerprint density at radius 2 is 2.24 bits per heavy atom. The number of nitrogens with zero attached hydrogens (tertiary/aromatic N) is 3. The number of rotatable bonds is 5. The van der Waals surface area contributed by atoms with Crippen molar-refractivity contribution in [1.82, 2.24) is 20.1 Å². The average Bonchev–Trinajstić information content (AvgIpc) is 2.62. The Labute approximate surface area is 102 Å².